The van der Waals surface area contributed by atoms with E-state index >= 15 is 0 Å². The summed E-state index contributed by atoms with van der Waals surface area (Å²) in [5.41, 5.74) is 1.54. The normalized spacial score (nSPS) is 11.7. The zero-order valence-electron chi connectivity index (χ0n) is 14.9. The fourth-order valence-electron chi connectivity index (χ4n) is 2.52. The van der Waals surface area contributed by atoms with Crippen molar-refractivity contribution in [3.05, 3.63) is 51.6 Å². The van der Waals surface area contributed by atoms with E-state index in [0.29, 0.717) is 16.8 Å². The number of ether oxygens (including phenoxy) is 2. The van der Waals surface area contributed by atoms with Crippen molar-refractivity contribution in [3.63, 3.8) is 0 Å². The van der Waals surface area contributed by atoms with Gasteiger partial charge in [-0.05, 0) is 45.4 Å². The van der Waals surface area contributed by atoms with Crippen molar-refractivity contribution >= 4 is 29.3 Å². The molecule has 0 fully saturated rings. The highest BCUT2D eigenvalue weighted by Crippen LogP contribution is 2.22. The Bertz CT molecular complexity index is 859. The van der Waals surface area contributed by atoms with Gasteiger partial charge in [0.2, 0.25) is 5.78 Å². The van der Waals surface area contributed by atoms with E-state index in [1.807, 2.05) is 0 Å². The van der Waals surface area contributed by atoms with Crippen LogP contribution in [0.3, 0.4) is 0 Å². The Morgan fingerprint density at radius 1 is 1.27 bits per heavy atom. The quantitative estimate of drug-likeness (QED) is 0.470. The second-order valence-corrected chi connectivity index (χ2v) is 5.96. The van der Waals surface area contributed by atoms with E-state index in [0.717, 1.165) is 0 Å². The minimum absolute atomic E-state index is 0.00588. The number of hydrogen-bond donors (Lipinski definition) is 1. The third-order valence-electron chi connectivity index (χ3n) is 3.80. The third kappa shape index (κ3) is 3.94. The summed E-state index contributed by atoms with van der Waals surface area (Å²) < 4.78 is 10.2. The van der Waals surface area contributed by atoms with Crippen molar-refractivity contribution in [1.82, 2.24) is 9.97 Å². The van der Waals surface area contributed by atoms with Crippen LogP contribution in [-0.2, 0) is 9.47 Å². The highest BCUT2D eigenvalue weighted by atomic mass is 35.5. The van der Waals surface area contributed by atoms with Gasteiger partial charge in [0.15, 0.2) is 6.10 Å². The SMILES string of the molecule is CCOC(=O)c1c(C)[nH]c(C(=O)[C@H](C)OC(=O)c2cccnc2Cl)c1C. The van der Waals surface area contributed by atoms with Crippen LogP contribution in [0.25, 0.3) is 0 Å². The van der Waals surface area contributed by atoms with E-state index in [1.54, 1.807) is 26.8 Å². The number of rotatable bonds is 6. The first-order chi connectivity index (χ1) is 12.3. The molecule has 2 heterocycles. The number of aromatic amines is 1. The molecular weight excluding hydrogens is 360 g/mol. The van der Waals surface area contributed by atoms with E-state index in [1.165, 1.54) is 19.2 Å². The van der Waals surface area contributed by atoms with Crippen LogP contribution < -0.4 is 0 Å². The number of hydrogen-bond acceptors (Lipinski definition) is 6. The molecule has 0 amide bonds. The third-order valence-corrected chi connectivity index (χ3v) is 4.10. The number of nitrogens with zero attached hydrogens (tertiary/aromatic N) is 1. The Labute approximate surface area is 155 Å². The molecule has 0 saturated heterocycles. The maximum Gasteiger partial charge on any atom is 0.341 e. The lowest BCUT2D eigenvalue weighted by Crippen LogP contribution is -2.25. The Kier molecular flexibility index (Phi) is 6.15. The largest absolute Gasteiger partial charge is 0.462 e. The molecule has 2 aromatic rings. The summed E-state index contributed by atoms with van der Waals surface area (Å²) in [6, 6.07) is 3.00. The lowest BCUT2D eigenvalue weighted by atomic mass is 10.1. The molecular formula is C18H19ClN2O5. The Balaban J connectivity index is 2.21. The van der Waals surface area contributed by atoms with Crippen LogP contribution in [0.5, 0.6) is 0 Å². The smallest absolute Gasteiger partial charge is 0.341 e. The average molecular weight is 379 g/mol. The van der Waals surface area contributed by atoms with Crippen molar-refractivity contribution in [3.8, 4) is 0 Å². The number of esters is 2. The summed E-state index contributed by atoms with van der Waals surface area (Å²) in [6.07, 6.45) is 0.362. The van der Waals surface area contributed by atoms with E-state index in [2.05, 4.69) is 9.97 Å². The van der Waals surface area contributed by atoms with Gasteiger partial charge in [-0.3, -0.25) is 4.79 Å². The molecule has 1 atom stereocenters. The molecule has 0 aromatic carbocycles. The van der Waals surface area contributed by atoms with Crippen LogP contribution in [0.15, 0.2) is 18.3 Å². The zero-order chi connectivity index (χ0) is 19.4. The summed E-state index contributed by atoms with van der Waals surface area (Å²) in [7, 11) is 0. The van der Waals surface area contributed by atoms with Crippen LogP contribution in [-0.4, -0.2) is 40.4 Å². The summed E-state index contributed by atoms with van der Waals surface area (Å²) in [5.74, 6) is -1.73. The van der Waals surface area contributed by atoms with Crippen LogP contribution in [0.1, 0.15) is 56.3 Å². The molecule has 2 aromatic heterocycles. The van der Waals surface area contributed by atoms with Gasteiger partial charge in [0.05, 0.1) is 23.4 Å². The topological polar surface area (TPSA) is 98.4 Å². The molecule has 138 valence electrons. The highest BCUT2D eigenvalue weighted by molar-refractivity contribution is 6.32. The molecule has 0 aliphatic carbocycles. The first-order valence-corrected chi connectivity index (χ1v) is 8.37. The number of ketones is 1. The number of H-pyrrole nitrogens is 1. The maximum atomic E-state index is 12.7. The van der Waals surface area contributed by atoms with Gasteiger partial charge < -0.3 is 14.5 Å². The molecule has 8 heteroatoms. The van der Waals surface area contributed by atoms with Crippen molar-refractivity contribution in [2.75, 3.05) is 6.61 Å². The van der Waals surface area contributed by atoms with Crippen molar-refractivity contribution < 1.29 is 23.9 Å². The van der Waals surface area contributed by atoms with E-state index < -0.39 is 23.8 Å². The zero-order valence-corrected chi connectivity index (χ0v) is 15.6. The van der Waals surface area contributed by atoms with Gasteiger partial charge in [-0.1, -0.05) is 11.6 Å². The minimum atomic E-state index is -1.08. The number of halogens is 1. The summed E-state index contributed by atoms with van der Waals surface area (Å²) in [5, 5.41) is -0.00588. The molecule has 7 nitrogen and oxygen atoms in total. The molecule has 0 saturated carbocycles. The van der Waals surface area contributed by atoms with E-state index in [4.69, 9.17) is 21.1 Å². The number of Topliss-reactive ketones (excluding diaryl/α,β-unsaturated/α-hetero) is 1. The van der Waals surface area contributed by atoms with Gasteiger partial charge in [0.1, 0.15) is 5.15 Å². The predicted molar refractivity (Wildman–Crippen MR) is 94.7 cm³/mol. The van der Waals surface area contributed by atoms with E-state index in [9.17, 15) is 14.4 Å². The van der Waals surface area contributed by atoms with Gasteiger partial charge in [-0.25, -0.2) is 14.6 Å². The lowest BCUT2D eigenvalue weighted by Gasteiger charge is -2.12. The molecule has 0 aliphatic heterocycles. The Morgan fingerprint density at radius 3 is 2.58 bits per heavy atom. The molecule has 2 rings (SSSR count). The maximum absolute atomic E-state index is 12.7. The number of aryl methyl sites for hydroxylation is 1. The molecule has 0 radical (unpaired) electrons. The number of carbonyl (C=O) groups excluding carboxylic acids is 3. The first-order valence-electron chi connectivity index (χ1n) is 7.99. The van der Waals surface area contributed by atoms with Gasteiger partial charge >= 0.3 is 11.9 Å². The average Bonchev–Trinajstić information content (AvgIpc) is 2.89. The number of nitrogens with one attached hydrogen (secondary N) is 1. The fraction of sp³-hybridized carbons (Fsp3) is 0.333. The first kappa shape index (κ1) is 19.7. The monoisotopic (exact) mass is 378 g/mol. The molecule has 0 unspecified atom stereocenters. The van der Waals surface area contributed by atoms with Gasteiger partial charge in [-0.15, -0.1) is 0 Å². The molecule has 0 aliphatic rings. The van der Waals surface area contributed by atoms with Crippen molar-refractivity contribution in [2.45, 2.75) is 33.8 Å². The number of pyridine rings is 1. The van der Waals surface area contributed by atoms with Gasteiger partial charge in [0, 0.05) is 11.9 Å². The molecule has 0 spiro atoms. The summed E-state index contributed by atoms with van der Waals surface area (Å²) >= 11 is 5.86. The summed E-state index contributed by atoms with van der Waals surface area (Å²) in [6.45, 7) is 6.68. The van der Waals surface area contributed by atoms with E-state index in [-0.39, 0.29) is 23.0 Å². The lowest BCUT2D eigenvalue weighted by molar-refractivity contribution is 0.0316. The fourth-order valence-corrected chi connectivity index (χ4v) is 2.72. The van der Waals surface area contributed by atoms with Crippen LogP contribution in [0.2, 0.25) is 5.15 Å². The van der Waals surface area contributed by atoms with Crippen molar-refractivity contribution in [2.24, 2.45) is 0 Å². The summed E-state index contributed by atoms with van der Waals surface area (Å²) in [4.78, 5) is 43.5. The van der Waals surface area contributed by atoms with Gasteiger partial charge in [0.25, 0.3) is 0 Å². The molecule has 26 heavy (non-hydrogen) atoms. The predicted octanol–water partition coefficient (Wildman–Crippen LogP) is 3.28. The van der Waals surface area contributed by atoms with Crippen LogP contribution in [0, 0.1) is 13.8 Å². The second-order valence-electron chi connectivity index (χ2n) is 5.60. The van der Waals surface area contributed by atoms with Crippen LogP contribution >= 0.6 is 11.6 Å². The Hall–Kier alpha value is -2.67. The Morgan fingerprint density at radius 2 is 1.96 bits per heavy atom. The van der Waals surface area contributed by atoms with Gasteiger partial charge in [-0.2, -0.15) is 0 Å². The standard InChI is InChI=1S/C18H19ClN2O5/c1-5-25-18(24)13-9(2)14(21-10(13)3)15(22)11(4)26-17(23)12-7-6-8-20-16(12)19/h6-8,11,21H,5H2,1-4H3/t11-/m0/s1. The second kappa shape index (κ2) is 8.14. The van der Waals surface area contributed by atoms with Crippen LogP contribution in [0.4, 0.5) is 0 Å². The highest BCUT2D eigenvalue weighted by Gasteiger charge is 2.28. The molecule has 1 N–H and O–H groups in total. The van der Waals surface area contributed by atoms with Crippen molar-refractivity contribution in [1.29, 1.82) is 0 Å². The number of aromatic nitrogens is 2. The minimum Gasteiger partial charge on any atom is -0.462 e. The molecule has 0 bridgehead atoms. The number of carbonyl (C=O) groups is 3.